The molecule has 0 unspecified atom stereocenters. The molecule has 0 radical (unpaired) electrons. The second kappa shape index (κ2) is 11.1. The number of amides is 1. The summed E-state index contributed by atoms with van der Waals surface area (Å²) in [5, 5.41) is 11.2. The number of ether oxygens (including phenoxy) is 3. The maximum atomic E-state index is 14.7. The number of hydrogen-bond donors (Lipinski definition) is 1. The number of rotatable bonds is 8. The molecule has 0 aliphatic carbocycles. The number of para-hydroxylation sites is 1. The minimum atomic E-state index is -0.892. The third kappa shape index (κ3) is 5.22. The van der Waals surface area contributed by atoms with Crippen LogP contribution < -0.4 is 9.47 Å². The maximum absolute atomic E-state index is 14.7. The number of Topliss-reactive ketones (excluding diaryl/α,β-unsaturated/α-hetero) is 1. The number of ketones is 1. The van der Waals surface area contributed by atoms with Gasteiger partial charge >= 0.3 is 0 Å². The van der Waals surface area contributed by atoms with E-state index < -0.39 is 29.3 Å². The maximum Gasteiger partial charge on any atom is 0.295 e. The van der Waals surface area contributed by atoms with Crippen LogP contribution in [0.25, 0.3) is 5.76 Å². The number of likely N-dealkylation sites (tertiary alicyclic amines) is 1. The molecule has 2 aromatic rings. The first kappa shape index (κ1) is 25.7. The molecule has 2 saturated heterocycles. The molecular formula is C27H31FN2O6. The fraction of sp³-hybridized carbons (Fsp3) is 0.407. The fourth-order valence-electron chi connectivity index (χ4n) is 4.55. The van der Waals surface area contributed by atoms with Crippen LogP contribution in [0.4, 0.5) is 4.39 Å². The average Bonchev–Trinajstić information content (AvgIpc) is 3.13. The number of benzene rings is 2. The van der Waals surface area contributed by atoms with Crippen molar-refractivity contribution in [3.63, 3.8) is 0 Å². The molecule has 1 atom stereocenters. The molecule has 0 bridgehead atoms. The van der Waals surface area contributed by atoms with E-state index in [4.69, 9.17) is 14.2 Å². The van der Waals surface area contributed by atoms with Crippen molar-refractivity contribution in [3.8, 4) is 11.5 Å². The zero-order chi connectivity index (χ0) is 25.8. The van der Waals surface area contributed by atoms with Crippen molar-refractivity contribution < 1.29 is 33.3 Å². The normalized spacial score (nSPS) is 20.2. The third-order valence-electron chi connectivity index (χ3n) is 6.30. The van der Waals surface area contributed by atoms with E-state index in [2.05, 4.69) is 4.90 Å². The Bertz CT molecular complexity index is 1160. The second-order valence-electron chi connectivity index (χ2n) is 9.00. The highest BCUT2D eigenvalue weighted by molar-refractivity contribution is 6.46. The summed E-state index contributed by atoms with van der Waals surface area (Å²) in [6.45, 7) is 7.03. The van der Waals surface area contributed by atoms with Gasteiger partial charge in [-0.2, -0.15) is 0 Å². The number of aliphatic hydroxyl groups excluding tert-OH is 1. The lowest BCUT2D eigenvalue weighted by atomic mass is 9.94. The predicted molar refractivity (Wildman–Crippen MR) is 131 cm³/mol. The molecule has 0 aromatic heterocycles. The zero-order valence-electron chi connectivity index (χ0n) is 20.7. The minimum Gasteiger partial charge on any atom is -0.507 e. The molecule has 2 heterocycles. The topological polar surface area (TPSA) is 88.5 Å². The van der Waals surface area contributed by atoms with Crippen LogP contribution >= 0.6 is 0 Å². The van der Waals surface area contributed by atoms with Gasteiger partial charge in [0.2, 0.25) is 0 Å². The first-order valence-electron chi connectivity index (χ1n) is 12.0. The molecule has 8 nitrogen and oxygen atoms in total. The molecule has 1 amide bonds. The van der Waals surface area contributed by atoms with E-state index in [1.54, 1.807) is 38.1 Å². The summed E-state index contributed by atoms with van der Waals surface area (Å²) >= 11 is 0. The Kier molecular flexibility index (Phi) is 7.91. The van der Waals surface area contributed by atoms with Gasteiger partial charge in [-0.05, 0) is 38.1 Å². The van der Waals surface area contributed by atoms with E-state index in [1.165, 1.54) is 24.1 Å². The molecular weight excluding hydrogens is 467 g/mol. The molecule has 1 N–H and O–H groups in total. The summed E-state index contributed by atoms with van der Waals surface area (Å²) < 4.78 is 31.1. The van der Waals surface area contributed by atoms with E-state index in [1.807, 2.05) is 0 Å². The highest BCUT2D eigenvalue weighted by Gasteiger charge is 2.47. The third-order valence-corrected chi connectivity index (χ3v) is 6.30. The molecule has 0 spiro atoms. The second-order valence-corrected chi connectivity index (χ2v) is 9.00. The number of methoxy groups -OCH3 is 1. The largest absolute Gasteiger partial charge is 0.507 e. The number of morpholine rings is 1. The smallest absolute Gasteiger partial charge is 0.295 e. The first-order valence-corrected chi connectivity index (χ1v) is 12.0. The SMILES string of the molecule is COc1ccccc1[C@H]1C(=C(O)c2ccc(OC(C)C)c(F)c2)C(=O)C(=O)N1CCN1CCOCC1. The molecule has 9 heteroatoms. The quantitative estimate of drug-likeness (QED) is 0.339. The van der Waals surface area contributed by atoms with Gasteiger partial charge in [-0.1, -0.05) is 18.2 Å². The van der Waals surface area contributed by atoms with Crippen LogP contribution in [0.3, 0.4) is 0 Å². The van der Waals surface area contributed by atoms with Crippen LogP contribution in [0.15, 0.2) is 48.0 Å². The molecule has 36 heavy (non-hydrogen) atoms. The van der Waals surface area contributed by atoms with Crippen molar-refractivity contribution >= 4 is 17.4 Å². The Morgan fingerprint density at radius 1 is 1.11 bits per heavy atom. The van der Waals surface area contributed by atoms with Gasteiger partial charge in [-0.3, -0.25) is 14.5 Å². The van der Waals surface area contributed by atoms with E-state index in [0.717, 1.165) is 19.2 Å². The van der Waals surface area contributed by atoms with Crippen LogP contribution in [-0.2, 0) is 14.3 Å². The van der Waals surface area contributed by atoms with Crippen LogP contribution in [0.2, 0.25) is 0 Å². The van der Waals surface area contributed by atoms with Crippen LogP contribution in [0, 0.1) is 5.82 Å². The molecule has 2 aliphatic heterocycles. The van der Waals surface area contributed by atoms with Gasteiger partial charge in [0.25, 0.3) is 11.7 Å². The van der Waals surface area contributed by atoms with Gasteiger partial charge in [-0.25, -0.2) is 4.39 Å². The number of halogens is 1. The van der Waals surface area contributed by atoms with Crippen molar-refractivity contribution in [2.45, 2.75) is 26.0 Å². The number of nitrogens with zero attached hydrogens (tertiary/aromatic N) is 2. The van der Waals surface area contributed by atoms with E-state index in [9.17, 15) is 19.1 Å². The first-order chi connectivity index (χ1) is 17.3. The summed E-state index contributed by atoms with van der Waals surface area (Å²) in [4.78, 5) is 30.1. The highest BCUT2D eigenvalue weighted by atomic mass is 19.1. The van der Waals surface area contributed by atoms with Crippen LogP contribution in [-0.4, -0.2) is 79.2 Å². The Hall–Kier alpha value is -3.43. The predicted octanol–water partition coefficient (Wildman–Crippen LogP) is 3.38. The molecule has 192 valence electrons. The molecule has 0 saturated carbocycles. The Labute approximate surface area is 209 Å². The van der Waals surface area contributed by atoms with E-state index >= 15 is 0 Å². The standard InChI is InChI=1S/C27H31FN2O6/c1-17(2)36-22-9-8-18(16-20(22)28)25(31)23-24(19-6-4-5-7-21(19)34-3)30(27(33)26(23)32)11-10-29-12-14-35-15-13-29/h4-9,16-17,24,31H,10-15H2,1-3H3/t24-/m0/s1. The summed E-state index contributed by atoms with van der Waals surface area (Å²) in [6.07, 6.45) is -0.235. The summed E-state index contributed by atoms with van der Waals surface area (Å²) in [6, 6.07) is 10.1. The van der Waals surface area contributed by atoms with E-state index in [0.29, 0.717) is 31.1 Å². The van der Waals surface area contributed by atoms with Crippen molar-refractivity contribution in [2.24, 2.45) is 0 Å². The Morgan fingerprint density at radius 2 is 1.83 bits per heavy atom. The van der Waals surface area contributed by atoms with Crippen molar-refractivity contribution in [1.29, 1.82) is 0 Å². The fourth-order valence-corrected chi connectivity index (χ4v) is 4.55. The molecule has 4 rings (SSSR count). The van der Waals surface area contributed by atoms with E-state index in [-0.39, 0.29) is 29.5 Å². The summed E-state index contributed by atoms with van der Waals surface area (Å²) in [5.74, 6) is -2.17. The van der Waals surface area contributed by atoms with Gasteiger partial charge in [0, 0.05) is 37.3 Å². The zero-order valence-corrected chi connectivity index (χ0v) is 20.7. The molecule has 2 aromatic carbocycles. The van der Waals surface area contributed by atoms with Gasteiger partial charge in [0.05, 0.1) is 38.0 Å². The van der Waals surface area contributed by atoms with Crippen molar-refractivity contribution in [1.82, 2.24) is 9.80 Å². The number of hydrogen-bond acceptors (Lipinski definition) is 7. The summed E-state index contributed by atoms with van der Waals surface area (Å²) in [5.41, 5.74) is 0.529. The lowest BCUT2D eigenvalue weighted by molar-refractivity contribution is -0.140. The average molecular weight is 499 g/mol. The van der Waals surface area contributed by atoms with Crippen LogP contribution in [0.1, 0.15) is 31.0 Å². The van der Waals surface area contributed by atoms with Crippen molar-refractivity contribution in [3.05, 3.63) is 65.0 Å². The Balaban J connectivity index is 1.76. The minimum absolute atomic E-state index is 0.0359. The highest BCUT2D eigenvalue weighted by Crippen LogP contribution is 2.42. The number of carbonyl (C=O) groups excluding carboxylic acids is 2. The lowest BCUT2D eigenvalue weighted by Crippen LogP contribution is -2.42. The number of aliphatic hydroxyl groups is 1. The van der Waals surface area contributed by atoms with Gasteiger partial charge in [0.1, 0.15) is 11.5 Å². The monoisotopic (exact) mass is 498 g/mol. The van der Waals surface area contributed by atoms with Gasteiger partial charge < -0.3 is 24.2 Å². The van der Waals surface area contributed by atoms with Crippen LogP contribution in [0.5, 0.6) is 11.5 Å². The number of carbonyl (C=O) groups is 2. The summed E-state index contributed by atoms with van der Waals surface area (Å²) in [7, 11) is 1.50. The lowest BCUT2D eigenvalue weighted by Gasteiger charge is -2.31. The van der Waals surface area contributed by atoms with Crippen molar-refractivity contribution in [2.75, 3.05) is 46.5 Å². The molecule has 2 aliphatic rings. The Morgan fingerprint density at radius 3 is 2.50 bits per heavy atom. The van der Waals surface area contributed by atoms with Gasteiger partial charge in [-0.15, -0.1) is 0 Å². The molecule has 2 fully saturated rings. The van der Waals surface area contributed by atoms with Gasteiger partial charge in [0.15, 0.2) is 11.6 Å².